The van der Waals surface area contributed by atoms with E-state index in [0.29, 0.717) is 22.3 Å². The average molecular weight is 389 g/mol. The lowest BCUT2D eigenvalue weighted by Gasteiger charge is -2.05. The number of rotatable bonds is 5. The summed E-state index contributed by atoms with van der Waals surface area (Å²) in [4.78, 5) is 24.4. The highest BCUT2D eigenvalue weighted by Gasteiger charge is 2.15. The molecule has 0 atom stereocenters. The highest BCUT2D eigenvalue weighted by molar-refractivity contribution is 6.36. The normalized spacial score (nSPS) is 10.4. The molecule has 6 nitrogen and oxygen atoms in total. The monoisotopic (exact) mass is 388 g/mol. The average Bonchev–Trinajstić information content (AvgIpc) is 3.13. The first-order valence-electron chi connectivity index (χ1n) is 7.67. The van der Waals surface area contributed by atoms with Gasteiger partial charge in [0.25, 0.3) is 11.8 Å². The van der Waals surface area contributed by atoms with Gasteiger partial charge in [0.2, 0.25) is 0 Å². The molecular weight excluding hydrogens is 375 g/mol. The minimum absolute atomic E-state index is 0.119. The predicted molar refractivity (Wildman–Crippen MR) is 101 cm³/mol. The Morgan fingerprint density at radius 3 is 2.50 bits per heavy atom. The van der Waals surface area contributed by atoms with Crippen LogP contribution in [-0.2, 0) is 6.54 Å². The maximum atomic E-state index is 12.3. The van der Waals surface area contributed by atoms with Crippen molar-refractivity contribution in [2.75, 3.05) is 5.32 Å². The summed E-state index contributed by atoms with van der Waals surface area (Å²) in [6.45, 7) is 0.369. The first-order chi connectivity index (χ1) is 12.5. The van der Waals surface area contributed by atoms with E-state index in [1.807, 2.05) is 30.3 Å². The van der Waals surface area contributed by atoms with Gasteiger partial charge >= 0.3 is 0 Å². The SMILES string of the molecule is O=C(NCc1ccccc1)c1cc(C(=O)Nc2ccc(Cl)cc2Cl)[nH]n1. The minimum Gasteiger partial charge on any atom is -0.347 e. The van der Waals surface area contributed by atoms with Crippen LogP contribution in [0.5, 0.6) is 0 Å². The summed E-state index contributed by atoms with van der Waals surface area (Å²) in [5.41, 5.74) is 1.63. The van der Waals surface area contributed by atoms with Crippen molar-refractivity contribution in [3.05, 3.63) is 81.6 Å². The van der Waals surface area contributed by atoms with Gasteiger partial charge in [0, 0.05) is 17.6 Å². The van der Waals surface area contributed by atoms with E-state index in [2.05, 4.69) is 20.8 Å². The van der Waals surface area contributed by atoms with Crippen molar-refractivity contribution < 1.29 is 9.59 Å². The van der Waals surface area contributed by atoms with Crippen LogP contribution in [-0.4, -0.2) is 22.0 Å². The number of nitrogens with one attached hydrogen (secondary N) is 3. The molecular formula is C18H14Cl2N4O2. The van der Waals surface area contributed by atoms with E-state index in [-0.39, 0.29) is 17.3 Å². The summed E-state index contributed by atoms with van der Waals surface area (Å²) in [7, 11) is 0. The second-order valence-corrected chi connectivity index (χ2v) is 6.26. The van der Waals surface area contributed by atoms with Gasteiger partial charge in [-0.05, 0) is 23.8 Å². The molecule has 8 heteroatoms. The molecule has 3 N–H and O–H groups in total. The predicted octanol–water partition coefficient (Wildman–Crippen LogP) is 3.90. The lowest BCUT2D eigenvalue weighted by Crippen LogP contribution is -2.23. The van der Waals surface area contributed by atoms with Crippen molar-refractivity contribution in [2.45, 2.75) is 6.54 Å². The van der Waals surface area contributed by atoms with Gasteiger partial charge in [0.1, 0.15) is 5.69 Å². The fraction of sp³-hybridized carbons (Fsp3) is 0.0556. The third kappa shape index (κ3) is 4.41. The van der Waals surface area contributed by atoms with E-state index in [0.717, 1.165) is 5.56 Å². The molecule has 0 fully saturated rings. The van der Waals surface area contributed by atoms with Crippen LogP contribution in [0.2, 0.25) is 10.0 Å². The molecule has 26 heavy (non-hydrogen) atoms. The number of hydrogen-bond donors (Lipinski definition) is 3. The van der Waals surface area contributed by atoms with Crippen LogP contribution in [0.1, 0.15) is 26.5 Å². The quantitative estimate of drug-likeness (QED) is 0.619. The first-order valence-corrected chi connectivity index (χ1v) is 8.42. The molecule has 0 spiro atoms. The molecule has 3 rings (SSSR count). The van der Waals surface area contributed by atoms with Crippen LogP contribution in [0.3, 0.4) is 0 Å². The molecule has 0 saturated carbocycles. The number of H-pyrrole nitrogens is 1. The highest BCUT2D eigenvalue weighted by Crippen LogP contribution is 2.25. The zero-order valence-corrected chi connectivity index (χ0v) is 14.9. The Morgan fingerprint density at radius 1 is 1.00 bits per heavy atom. The molecule has 0 aliphatic carbocycles. The maximum absolute atomic E-state index is 12.3. The van der Waals surface area contributed by atoms with Crippen LogP contribution >= 0.6 is 23.2 Å². The van der Waals surface area contributed by atoms with Crippen LogP contribution < -0.4 is 10.6 Å². The Hall–Kier alpha value is -2.83. The van der Waals surface area contributed by atoms with E-state index >= 15 is 0 Å². The van der Waals surface area contributed by atoms with Crippen LogP contribution in [0.25, 0.3) is 0 Å². The van der Waals surface area contributed by atoms with Crippen molar-refractivity contribution in [2.24, 2.45) is 0 Å². The van der Waals surface area contributed by atoms with Crippen molar-refractivity contribution in [1.29, 1.82) is 0 Å². The third-order valence-electron chi connectivity index (χ3n) is 3.53. The summed E-state index contributed by atoms with van der Waals surface area (Å²) in [6, 6.07) is 15.6. The fourth-order valence-electron chi connectivity index (χ4n) is 2.20. The number of aromatic amines is 1. The second-order valence-electron chi connectivity index (χ2n) is 5.41. The van der Waals surface area contributed by atoms with Gasteiger partial charge in [-0.15, -0.1) is 0 Å². The number of anilines is 1. The number of hydrogen-bond acceptors (Lipinski definition) is 3. The number of carbonyl (C=O) groups is 2. The summed E-state index contributed by atoms with van der Waals surface area (Å²) in [5.74, 6) is -0.850. The molecule has 0 bridgehead atoms. The first kappa shape index (κ1) is 18.0. The van der Waals surface area contributed by atoms with E-state index in [4.69, 9.17) is 23.2 Å². The number of amides is 2. The minimum atomic E-state index is -0.469. The topological polar surface area (TPSA) is 86.9 Å². The Morgan fingerprint density at radius 2 is 1.77 bits per heavy atom. The molecule has 2 aromatic carbocycles. The van der Waals surface area contributed by atoms with Crippen molar-refractivity contribution in [3.63, 3.8) is 0 Å². The summed E-state index contributed by atoms with van der Waals surface area (Å²) in [6.07, 6.45) is 0. The molecule has 1 heterocycles. The van der Waals surface area contributed by atoms with Gasteiger partial charge in [0.05, 0.1) is 10.7 Å². The smallest absolute Gasteiger partial charge is 0.273 e. The van der Waals surface area contributed by atoms with Crippen molar-refractivity contribution >= 4 is 40.7 Å². The van der Waals surface area contributed by atoms with Gasteiger partial charge in [-0.1, -0.05) is 53.5 Å². The lowest BCUT2D eigenvalue weighted by atomic mass is 10.2. The number of aromatic nitrogens is 2. The van der Waals surface area contributed by atoms with E-state index < -0.39 is 5.91 Å². The number of halogens is 2. The zero-order chi connectivity index (χ0) is 18.5. The standard InChI is InChI=1S/C18H14Cl2N4O2/c19-12-6-7-14(13(20)8-12)22-18(26)16-9-15(23-24-16)17(25)21-10-11-4-2-1-3-5-11/h1-9H,10H2,(H,21,25)(H,22,26)(H,23,24). The molecule has 2 amide bonds. The Labute approximate surface area is 159 Å². The molecule has 0 aliphatic rings. The Bertz CT molecular complexity index is 941. The molecule has 132 valence electrons. The lowest BCUT2D eigenvalue weighted by molar-refractivity contribution is 0.0945. The largest absolute Gasteiger partial charge is 0.347 e. The van der Waals surface area contributed by atoms with E-state index in [1.54, 1.807) is 12.1 Å². The highest BCUT2D eigenvalue weighted by atomic mass is 35.5. The number of carbonyl (C=O) groups excluding carboxylic acids is 2. The summed E-state index contributed by atoms with van der Waals surface area (Å²) >= 11 is 11.9. The van der Waals surface area contributed by atoms with E-state index in [9.17, 15) is 9.59 Å². The maximum Gasteiger partial charge on any atom is 0.273 e. The summed E-state index contributed by atoms with van der Waals surface area (Å²) < 4.78 is 0. The van der Waals surface area contributed by atoms with Gasteiger partial charge in [0.15, 0.2) is 5.69 Å². The van der Waals surface area contributed by atoms with Gasteiger partial charge < -0.3 is 10.6 Å². The fourth-order valence-corrected chi connectivity index (χ4v) is 2.66. The van der Waals surface area contributed by atoms with Crippen LogP contribution in [0.15, 0.2) is 54.6 Å². The van der Waals surface area contributed by atoms with Crippen LogP contribution in [0, 0.1) is 0 Å². The zero-order valence-electron chi connectivity index (χ0n) is 13.4. The molecule has 0 aliphatic heterocycles. The molecule has 0 radical (unpaired) electrons. The van der Waals surface area contributed by atoms with Gasteiger partial charge in [-0.25, -0.2) is 0 Å². The Balaban J connectivity index is 1.63. The molecule has 0 saturated heterocycles. The van der Waals surface area contributed by atoms with E-state index in [1.165, 1.54) is 12.1 Å². The molecule has 1 aromatic heterocycles. The second kappa shape index (κ2) is 8.03. The summed E-state index contributed by atoms with van der Waals surface area (Å²) in [5, 5.41) is 12.6. The van der Waals surface area contributed by atoms with Gasteiger partial charge in [-0.2, -0.15) is 5.10 Å². The Kier molecular flexibility index (Phi) is 5.55. The molecule has 0 unspecified atom stereocenters. The number of nitrogens with zero attached hydrogens (tertiary/aromatic N) is 1. The van der Waals surface area contributed by atoms with Crippen molar-refractivity contribution in [3.8, 4) is 0 Å². The van der Waals surface area contributed by atoms with Gasteiger partial charge in [-0.3, -0.25) is 14.7 Å². The third-order valence-corrected chi connectivity index (χ3v) is 4.08. The van der Waals surface area contributed by atoms with Crippen molar-refractivity contribution in [1.82, 2.24) is 15.5 Å². The number of benzene rings is 2. The van der Waals surface area contributed by atoms with Crippen LogP contribution in [0.4, 0.5) is 5.69 Å². The molecule has 3 aromatic rings.